The normalized spacial score (nSPS) is 29.2. The van der Waals surface area contributed by atoms with Gasteiger partial charge in [-0.25, -0.2) is 4.79 Å². The Morgan fingerprint density at radius 1 is 1.00 bits per heavy atom. The molecular weight excluding hydrogens is 552 g/mol. The fourth-order valence-corrected chi connectivity index (χ4v) is 5.47. The average molecular weight is 605 g/mol. The van der Waals surface area contributed by atoms with Crippen LogP contribution in [0.2, 0.25) is 0 Å². The molecule has 2 rings (SSSR count). The first kappa shape index (κ1) is 36.4. The first-order valence-corrected chi connectivity index (χ1v) is 15.5. The summed E-state index contributed by atoms with van der Waals surface area (Å²) in [6.07, 6.45) is 15.1. The third-order valence-electron chi connectivity index (χ3n) is 8.19. The molecule has 0 radical (unpaired) electrons. The number of carbonyl (C=O) groups excluding carboxylic acids is 3. The first-order valence-electron chi connectivity index (χ1n) is 15.5. The average Bonchev–Trinajstić information content (AvgIpc) is 2.98. The Bertz CT molecular complexity index is 1060. The highest BCUT2D eigenvalue weighted by molar-refractivity contribution is 5.83. The maximum Gasteiger partial charge on any atom is 0.330 e. The van der Waals surface area contributed by atoms with Crippen molar-refractivity contribution in [2.75, 3.05) is 14.2 Å². The van der Waals surface area contributed by atoms with Crippen molar-refractivity contribution >= 4 is 17.9 Å². The summed E-state index contributed by atoms with van der Waals surface area (Å²) in [7, 11) is 2.61. The maximum absolute atomic E-state index is 13.0. The summed E-state index contributed by atoms with van der Waals surface area (Å²) < 4.78 is 29.3. The maximum atomic E-state index is 13.0. The number of methoxy groups -OCH3 is 2. The molecule has 242 valence electrons. The molecule has 2 aliphatic rings. The Balaban J connectivity index is 2.39. The summed E-state index contributed by atoms with van der Waals surface area (Å²) in [6.45, 7) is 9.77. The van der Waals surface area contributed by atoms with Gasteiger partial charge in [-0.15, -0.1) is 0 Å². The van der Waals surface area contributed by atoms with E-state index in [1.807, 2.05) is 19.1 Å². The lowest BCUT2D eigenvalue weighted by Gasteiger charge is -2.53. The summed E-state index contributed by atoms with van der Waals surface area (Å²) >= 11 is 0. The van der Waals surface area contributed by atoms with E-state index in [1.54, 1.807) is 26.0 Å². The van der Waals surface area contributed by atoms with Crippen molar-refractivity contribution in [3.8, 4) is 0 Å². The second-order valence-electron chi connectivity index (χ2n) is 11.9. The lowest BCUT2D eigenvalue weighted by Crippen LogP contribution is -2.59. The van der Waals surface area contributed by atoms with E-state index in [1.165, 1.54) is 20.3 Å². The molecule has 0 amide bonds. The van der Waals surface area contributed by atoms with E-state index in [2.05, 4.69) is 19.9 Å². The van der Waals surface area contributed by atoms with Crippen LogP contribution >= 0.6 is 0 Å². The second-order valence-corrected chi connectivity index (χ2v) is 11.9. The Kier molecular flexibility index (Phi) is 14.8. The van der Waals surface area contributed by atoms with Gasteiger partial charge in [-0.05, 0) is 64.4 Å². The molecule has 2 aliphatic heterocycles. The molecule has 0 bridgehead atoms. The molecular formula is C34H52O9. The highest BCUT2D eigenvalue weighted by atomic mass is 16.7. The molecule has 0 aromatic carbocycles. The minimum absolute atomic E-state index is 0.0620. The molecule has 1 unspecified atom stereocenters. The van der Waals surface area contributed by atoms with Gasteiger partial charge in [-0.3, -0.25) is 9.59 Å². The molecule has 2 heterocycles. The number of hydrogen-bond acceptors (Lipinski definition) is 9. The van der Waals surface area contributed by atoms with Crippen LogP contribution in [-0.2, 0) is 38.1 Å². The van der Waals surface area contributed by atoms with Crippen molar-refractivity contribution in [3.05, 3.63) is 47.6 Å². The third kappa shape index (κ3) is 11.7. The second kappa shape index (κ2) is 17.5. The summed E-state index contributed by atoms with van der Waals surface area (Å²) in [5.41, 5.74) is 0.756. The Morgan fingerprint density at radius 3 is 2.37 bits per heavy atom. The summed E-state index contributed by atoms with van der Waals surface area (Å²) in [6, 6.07) is 0. The topological polar surface area (TPSA) is 118 Å². The molecule has 43 heavy (non-hydrogen) atoms. The molecule has 1 N–H and O–H groups in total. The van der Waals surface area contributed by atoms with Crippen LogP contribution in [-0.4, -0.2) is 66.9 Å². The fourth-order valence-electron chi connectivity index (χ4n) is 5.47. The molecule has 0 aromatic heterocycles. The van der Waals surface area contributed by atoms with Gasteiger partial charge in [0.25, 0.3) is 0 Å². The standard InChI is InChI=1S/C34H52O9/c1-8-9-19-33(43-31(37)17-16-30(36)39-6)21-22-34(42-29(33)15-12-25(3)23-32(38)40-7)20-18-26(4)28(41-34)14-11-24(2)10-13-27(5)35/h10-13,15,23,26-29,35H,8-9,14,16-22H2,1-7H3/b13-10+,15-12+,24-11+,25-23+/t26-,27?,28+,29-,33+,34-/m0/s1. The molecule has 9 nitrogen and oxygen atoms in total. The number of hydrogen-bond donors (Lipinski definition) is 1. The SMILES string of the molecule is CCCC[C@@]1(OC(=O)CCC(=O)OC)CC[C@]2(CC[C@H](C)[C@@H](C/C=C(C)/C=C/C(C)O)O2)O[C@H]1/C=C/C(C)=C/C(=O)OC. The molecule has 0 aliphatic carbocycles. The predicted molar refractivity (Wildman–Crippen MR) is 164 cm³/mol. The van der Waals surface area contributed by atoms with Crippen molar-refractivity contribution in [2.24, 2.45) is 5.92 Å². The van der Waals surface area contributed by atoms with Crippen LogP contribution in [0, 0.1) is 5.92 Å². The van der Waals surface area contributed by atoms with Crippen molar-refractivity contribution in [1.82, 2.24) is 0 Å². The van der Waals surface area contributed by atoms with E-state index >= 15 is 0 Å². The van der Waals surface area contributed by atoms with E-state index in [-0.39, 0.29) is 18.9 Å². The molecule has 0 saturated carbocycles. The smallest absolute Gasteiger partial charge is 0.330 e. The summed E-state index contributed by atoms with van der Waals surface area (Å²) in [5.74, 6) is -1.95. The number of ether oxygens (including phenoxy) is 5. The Labute approximate surface area is 257 Å². The van der Waals surface area contributed by atoms with Crippen molar-refractivity contribution in [3.63, 3.8) is 0 Å². The number of allylic oxidation sites excluding steroid dienone is 4. The number of aliphatic hydroxyl groups is 1. The zero-order valence-electron chi connectivity index (χ0n) is 27.1. The Morgan fingerprint density at radius 2 is 1.72 bits per heavy atom. The molecule has 9 heteroatoms. The van der Waals surface area contributed by atoms with Gasteiger partial charge in [0.05, 0.1) is 39.3 Å². The highest BCUT2D eigenvalue weighted by Crippen LogP contribution is 2.48. The van der Waals surface area contributed by atoms with Crippen LogP contribution < -0.4 is 0 Å². The van der Waals surface area contributed by atoms with Crippen LogP contribution in [0.5, 0.6) is 0 Å². The van der Waals surface area contributed by atoms with Gasteiger partial charge in [0, 0.05) is 18.9 Å². The largest absolute Gasteiger partial charge is 0.469 e. The van der Waals surface area contributed by atoms with Crippen molar-refractivity contribution < 1.29 is 43.2 Å². The molecule has 1 spiro atoms. The van der Waals surface area contributed by atoms with Crippen molar-refractivity contribution in [1.29, 1.82) is 0 Å². The minimum atomic E-state index is -0.958. The zero-order chi connectivity index (χ0) is 32.0. The number of carbonyl (C=O) groups is 3. The summed E-state index contributed by atoms with van der Waals surface area (Å²) in [5, 5.41) is 9.56. The third-order valence-corrected chi connectivity index (χ3v) is 8.19. The molecule has 2 saturated heterocycles. The molecule has 2 fully saturated rings. The predicted octanol–water partition coefficient (Wildman–Crippen LogP) is 6.05. The van der Waals surface area contributed by atoms with Gasteiger partial charge < -0.3 is 28.8 Å². The van der Waals surface area contributed by atoms with Gasteiger partial charge in [-0.1, -0.05) is 56.2 Å². The minimum Gasteiger partial charge on any atom is -0.469 e. The number of aliphatic hydroxyl groups excluding tert-OH is 1. The lowest BCUT2D eigenvalue weighted by atomic mass is 9.78. The highest BCUT2D eigenvalue weighted by Gasteiger charge is 2.54. The number of esters is 3. The van der Waals surface area contributed by atoms with Gasteiger partial charge in [-0.2, -0.15) is 0 Å². The van der Waals surface area contributed by atoms with E-state index in [0.717, 1.165) is 24.8 Å². The van der Waals surface area contributed by atoms with Crippen LogP contribution in [0.4, 0.5) is 0 Å². The van der Waals surface area contributed by atoms with E-state index < -0.39 is 41.5 Å². The van der Waals surface area contributed by atoms with E-state index in [9.17, 15) is 19.5 Å². The van der Waals surface area contributed by atoms with Crippen LogP contribution in [0.25, 0.3) is 0 Å². The summed E-state index contributed by atoms with van der Waals surface area (Å²) in [4.78, 5) is 36.5. The Hall–Kier alpha value is -2.75. The fraction of sp³-hybridized carbons (Fsp3) is 0.676. The number of unbranched alkanes of at least 4 members (excludes halogenated alkanes) is 1. The lowest BCUT2D eigenvalue weighted by molar-refractivity contribution is -0.344. The molecule has 0 aromatic rings. The van der Waals surface area contributed by atoms with Gasteiger partial charge >= 0.3 is 17.9 Å². The van der Waals surface area contributed by atoms with Crippen LogP contribution in [0.1, 0.15) is 98.8 Å². The van der Waals surface area contributed by atoms with Gasteiger partial charge in [0.15, 0.2) is 5.79 Å². The van der Waals surface area contributed by atoms with Gasteiger partial charge in [0.2, 0.25) is 0 Å². The molecule has 6 atom stereocenters. The van der Waals surface area contributed by atoms with Gasteiger partial charge in [0.1, 0.15) is 11.7 Å². The van der Waals surface area contributed by atoms with Crippen LogP contribution in [0.3, 0.4) is 0 Å². The number of rotatable bonds is 14. The monoisotopic (exact) mass is 604 g/mol. The van der Waals surface area contributed by atoms with Crippen molar-refractivity contribution in [2.45, 2.75) is 129 Å². The first-order chi connectivity index (χ1) is 20.4. The van der Waals surface area contributed by atoms with E-state index in [4.69, 9.17) is 23.7 Å². The zero-order valence-corrected chi connectivity index (χ0v) is 27.1. The van der Waals surface area contributed by atoms with E-state index in [0.29, 0.717) is 43.6 Å². The van der Waals surface area contributed by atoms with Crippen LogP contribution in [0.15, 0.2) is 47.6 Å². The quantitative estimate of drug-likeness (QED) is 0.109.